The largest absolute Gasteiger partial charge is 0.481 e. The average Bonchev–Trinajstić information content (AvgIpc) is 3.72. The zero-order chi connectivity index (χ0) is 34.3. The molecular formula is C33H47NO13. The van der Waals surface area contributed by atoms with Gasteiger partial charge in [-0.3, -0.25) is 4.79 Å². The van der Waals surface area contributed by atoms with E-state index < -0.39 is 97.3 Å². The predicted molar refractivity (Wildman–Crippen MR) is 165 cm³/mol. The van der Waals surface area contributed by atoms with Gasteiger partial charge in [-0.15, -0.1) is 0 Å². The summed E-state index contributed by atoms with van der Waals surface area (Å²) in [5.74, 6) is -5.45. The number of aliphatic hydroxyl groups is 5. The number of carbonyl (C=O) groups excluding carboxylic acids is 1. The zero-order valence-corrected chi connectivity index (χ0v) is 26.4. The minimum absolute atomic E-state index is 0.0789. The van der Waals surface area contributed by atoms with Crippen LogP contribution in [-0.2, 0) is 33.3 Å². The number of nitrogens with two attached hydrogens (primary N) is 1. The Kier molecular flexibility index (Phi) is 13.1. The van der Waals surface area contributed by atoms with Crippen LogP contribution in [0.4, 0.5) is 0 Å². The highest BCUT2D eigenvalue weighted by atomic mass is 16.7. The SMILES string of the molecule is CC1C\C=C/C=C\C=C/C=C\C(O[C@@H]2O[C@H](C)[C@@H](O)[C@H](N)[C@@H]2O)CC2OC(O)(CC(O)CC3OC3/C=C\C(=O)O1)CC(O)C2C(=O)O. The van der Waals surface area contributed by atoms with Crippen LogP contribution < -0.4 is 5.73 Å². The first-order valence-corrected chi connectivity index (χ1v) is 15.9. The van der Waals surface area contributed by atoms with E-state index in [-0.39, 0.29) is 25.4 Å². The van der Waals surface area contributed by atoms with Crippen LogP contribution in [0.15, 0.2) is 60.8 Å². The van der Waals surface area contributed by atoms with Crippen molar-refractivity contribution in [1.82, 2.24) is 0 Å². The van der Waals surface area contributed by atoms with E-state index in [2.05, 4.69) is 0 Å². The molecule has 4 aliphatic heterocycles. The van der Waals surface area contributed by atoms with Gasteiger partial charge >= 0.3 is 11.9 Å². The molecule has 4 heterocycles. The third-order valence-electron chi connectivity index (χ3n) is 8.58. The summed E-state index contributed by atoms with van der Waals surface area (Å²) in [7, 11) is 0. The maximum Gasteiger partial charge on any atom is 0.330 e. The second-order valence-electron chi connectivity index (χ2n) is 12.6. The quantitative estimate of drug-likeness (QED) is 0.157. The van der Waals surface area contributed by atoms with Crippen molar-refractivity contribution in [3.8, 4) is 0 Å². The molecule has 0 spiro atoms. The fourth-order valence-electron chi connectivity index (χ4n) is 6.00. The highest BCUT2D eigenvalue weighted by Gasteiger charge is 2.51. The van der Waals surface area contributed by atoms with Crippen LogP contribution >= 0.6 is 0 Å². The second-order valence-corrected chi connectivity index (χ2v) is 12.6. The molecule has 0 aromatic rings. The molecule has 14 heteroatoms. The number of ether oxygens (including phenoxy) is 5. The number of aliphatic carboxylic acids is 1. The number of esters is 1. The van der Waals surface area contributed by atoms with Crippen LogP contribution in [0.5, 0.6) is 0 Å². The molecule has 0 amide bonds. The lowest BCUT2D eigenvalue weighted by atomic mass is 9.83. The van der Waals surface area contributed by atoms with Gasteiger partial charge < -0.3 is 60.1 Å². The van der Waals surface area contributed by atoms with Gasteiger partial charge in [-0.05, 0) is 19.9 Å². The summed E-state index contributed by atoms with van der Waals surface area (Å²) in [6.07, 6.45) is 5.25. The molecule has 14 nitrogen and oxygen atoms in total. The van der Waals surface area contributed by atoms with Crippen LogP contribution in [0.1, 0.15) is 46.0 Å². The van der Waals surface area contributed by atoms with Gasteiger partial charge in [0.05, 0.1) is 48.8 Å². The molecule has 0 aromatic carbocycles. The Labute approximate surface area is 273 Å². The number of fused-ring (bicyclic) bond motifs is 3. The third kappa shape index (κ3) is 10.6. The first kappa shape index (κ1) is 37.1. The minimum Gasteiger partial charge on any atom is -0.481 e. The van der Waals surface area contributed by atoms with E-state index in [4.69, 9.17) is 29.4 Å². The average molecular weight is 666 g/mol. The molecule has 4 rings (SSSR count). The van der Waals surface area contributed by atoms with Gasteiger partial charge in [0, 0.05) is 38.2 Å². The van der Waals surface area contributed by atoms with Crippen LogP contribution in [0.25, 0.3) is 0 Å². The van der Waals surface area contributed by atoms with Gasteiger partial charge in [0.15, 0.2) is 12.1 Å². The first-order valence-electron chi connectivity index (χ1n) is 15.9. The normalized spacial score (nSPS) is 47.2. The Morgan fingerprint density at radius 3 is 2.36 bits per heavy atom. The molecule has 2 bridgehead atoms. The van der Waals surface area contributed by atoms with Gasteiger partial charge in [-0.2, -0.15) is 0 Å². The second kappa shape index (κ2) is 16.6. The van der Waals surface area contributed by atoms with Crippen LogP contribution in [0.3, 0.4) is 0 Å². The summed E-state index contributed by atoms with van der Waals surface area (Å²) in [5.41, 5.74) is 5.98. The van der Waals surface area contributed by atoms with E-state index in [1.54, 1.807) is 56.4 Å². The van der Waals surface area contributed by atoms with Crippen molar-refractivity contribution in [2.45, 2.75) is 125 Å². The van der Waals surface area contributed by atoms with Crippen LogP contribution in [0.2, 0.25) is 0 Å². The molecule has 3 fully saturated rings. The molecule has 14 atom stereocenters. The topological polar surface area (TPSA) is 231 Å². The Morgan fingerprint density at radius 2 is 1.64 bits per heavy atom. The van der Waals surface area contributed by atoms with Gasteiger partial charge in [0.25, 0.3) is 0 Å². The summed E-state index contributed by atoms with van der Waals surface area (Å²) in [6, 6.07) is -1.08. The van der Waals surface area contributed by atoms with Crippen LogP contribution in [0, 0.1) is 5.92 Å². The van der Waals surface area contributed by atoms with Crippen molar-refractivity contribution in [2.24, 2.45) is 11.7 Å². The fraction of sp³-hybridized carbons (Fsp3) is 0.636. The zero-order valence-electron chi connectivity index (χ0n) is 26.4. The lowest BCUT2D eigenvalue weighted by molar-refractivity contribution is -0.308. The molecule has 8 N–H and O–H groups in total. The Balaban J connectivity index is 1.58. The number of hydrogen-bond donors (Lipinski definition) is 7. The predicted octanol–water partition coefficient (Wildman–Crippen LogP) is 0.120. The molecule has 3 saturated heterocycles. The minimum atomic E-state index is -2.10. The van der Waals surface area contributed by atoms with E-state index in [1.165, 1.54) is 12.2 Å². The van der Waals surface area contributed by atoms with Crippen molar-refractivity contribution in [1.29, 1.82) is 0 Å². The number of carboxylic acids is 1. The first-order chi connectivity index (χ1) is 22.3. The van der Waals surface area contributed by atoms with Crippen LogP contribution in [-0.4, -0.2) is 122 Å². The smallest absolute Gasteiger partial charge is 0.330 e. The molecule has 47 heavy (non-hydrogen) atoms. The standard InChI is InChI=1S/C33H47NO13/c1-18-10-8-6-4-3-5-7-9-11-21(45-32-30(39)28(34)29(38)19(2)44-32)15-25-27(31(40)41)22(36)17-33(42,47-25)16-20(35)14-24-23(46-24)12-13-26(37)43-18/h3-9,11-13,18-25,27-30,32,35-36,38-39,42H,10,14-17,34H2,1-2H3,(H,40,41)/b4-3-,7-5-,8-6-,11-9-,13-12-/t18?,19-,20?,21?,22?,23?,24?,25?,27?,28+,29-,30+,32+,33?/m1/s1. The molecule has 0 aliphatic carbocycles. The number of cyclic esters (lactones) is 1. The van der Waals surface area contributed by atoms with E-state index in [1.807, 2.05) is 6.08 Å². The van der Waals surface area contributed by atoms with Gasteiger partial charge in [-0.1, -0.05) is 48.6 Å². The maximum absolute atomic E-state index is 12.3. The van der Waals surface area contributed by atoms with E-state index in [9.17, 15) is 40.2 Å². The number of aliphatic hydroxyl groups excluding tert-OH is 4. The number of allylic oxidation sites excluding steroid dienone is 6. The van der Waals surface area contributed by atoms with Crippen molar-refractivity contribution >= 4 is 11.9 Å². The van der Waals surface area contributed by atoms with Crippen molar-refractivity contribution in [3.05, 3.63) is 60.8 Å². The number of rotatable bonds is 3. The molecule has 0 saturated carbocycles. The summed E-state index contributed by atoms with van der Waals surface area (Å²) in [6.45, 7) is 3.34. The number of epoxide rings is 1. The van der Waals surface area contributed by atoms with Gasteiger partial charge in [0.1, 0.15) is 24.2 Å². The summed E-state index contributed by atoms with van der Waals surface area (Å²) < 4.78 is 28.5. The molecule has 9 unspecified atom stereocenters. The molecule has 4 aliphatic rings. The maximum atomic E-state index is 12.3. The van der Waals surface area contributed by atoms with Crippen molar-refractivity contribution in [3.63, 3.8) is 0 Å². The summed E-state index contributed by atoms with van der Waals surface area (Å²) in [4.78, 5) is 24.4. The van der Waals surface area contributed by atoms with E-state index >= 15 is 0 Å². The number of carbonyl (C=O) groups is 2. The molecule has 0 radical (unpaired) electrons. The molecule has 262 valence electrons. The van der Waals surface area contributed by atoms with Gasteiger partial charge in [0.2, 0.25) is 0 Å². The van der Waals surface area contributed by atoms with Gasteiger partial charge in [-0.25, -0.2) is 4.79 Å². The molecule has 0 aromatic heterocycles. The Morgan fingerprint density at radius 1 is 0.936 bits per heavy atom. The van der Waals surface area contributed by atoms with Crippen molar-refractivity contribution in [2.75, 3.05) is 0 Å². The lowest BCUT2D eigenvalue weighted by Crippen LogP contribution is -2.61. The summed E-state index contributed by atoms with van der Waals surface area (Å²) >= 11 is 0. The highest BCUT2D eigenvalue weighted by Crippen LogP contribution is 2.39. The summed E-state index contributed by atoms with van der Waals surface area (Å²) in [5, 5.41) is 63.9. The van der Waals surface area contributed by atoms with E-state index in [0.717, 1.165) is 0 Å². The number of carboxylic acid groups (broad SMARTS) is 1. The van der Waals surface area contributed by atoms with Crippen molar-refractivity contribution < 1.29 is 63.9 Å². The monoisotopic (exact) mass is 665 g/mol. The third-order valence-corrected chi connectivity index (χ3v) is 8.58. The fourth-order valence-corrected chi connectivity index (χ4v) is 6.00. The molecular weight excluding hydrogens is 618 g/mol. The number of hydrogen-bond acceptors (Lipinski definition) is 13. The Bertz CT molecular complexity index is 1220. The Hall–Kier alpha value is -2.76. The van der Waals surface area contributed by atoms with E-state index in [0.29, 0.717) is 6.42 Å². The lowest BCUT2D eigenvalue weighted by Gasteiger charge is -2.45. The highest BCUT2D eigenvalue weighted by molar-refractivity contribution is 5.82.